The van der Waals surface area contributed by atoms with Gasteiger partial charge in [-0.15, -0.1) is 0 Å². The Morgan fingerprint density at radius 1 is 1.57 bits per heavy atom. The van der Waals surface area contributed by atoms with Crippen molar-refractivity contribution in [3.8, 4) is 0 Å². The van der Waals surface area contributed by atoms with Gasteiger partial charge in [-0.2, -0.15) is 0 Å². The molecule has 0 spiro atoms. The number of aromatic nitrogens is 1. The SMILES string of the molecule is CCCCC1C=Cc2c(C)noc2N1. The molecule has 0 saturated carbocycles. The van der Waals surface area contributed by atoms with Crippen molar-refractivity contribution < 1.29 is 4.52 Å². The number of hydrogen-bond acceptors (Lipinski definition) is 3. The molecule has 1 aromatic heterocycles. The van der Waals surface area contributed by atoms with Gasteiger partial charge in [0.05, 0.1) is 11.3 Å². The molecule has 14 heavy (non-hydrogen) atoms. The van der Waals surface area contributed by atoms with E-state index in [2.05, 4.69) is 29.5 Å². The average Bonchev–Trinajstić information content (AvgIpc) is 2.57. The van der Waals surface area contributed by atoms with Crippen LogP contribution in [0.2, 0.25) is 0 Å². The number of anilines is 1. The molecule has 3 heteroatoms. The lowest BCUT2D eigenvalue weighted by Crippen LogP contribution is -2.19. The van der Waals surface area contributed by atoms with E-state index in [0.29, 0.717) is 6.04 Å². The van der Waals surface area contributed by atoms with Crippen LogP contribution in [-0.2, 0) is 0 Å². The molecule has 1 aliphatic heterocycles. The fourth-order valence-electron chi connectivity index (χ4n) is 1.70. The van der Waals surface area contributed by atoms with Crippen LogP contribution in [0.25, 0.3) is 6.08 Å². The summed E-state index contributed by atoms with van der Waals surface area (Å²) in [4.78, 5) is 0. The molecule has 0 aliphatic carbocycles. The van der Waals surface area contributed by atoms with Gasteiger partial charge in [-0.3, -0.25) is 0 Å². The molecule has 0 bridgehead atoms. The number of rotatable bonds is 3. The van der Waals surface area contributed by atoms with E-state index in [0.717, 1.165) is 23.6 Å². The van der Waals surface area contributed by atoms with Crippen molar-refractivity contribution >= 4 is 12.0 Å². The van der Waals surface area contributed by atoms with Crippen LogP contribution < -0.4 is 5.32 Å². The highest BCUT2D eigenvalue weighted by Gasteiger charge is 2.17. The van der Waals surface area contributed by atoms with Crippen molar-refractivity contribution in [2.24, 2.45) is 0 Å². The van der Waals surface area contributed by atoms with Gasteiger partial charge in [0, 0.05) is 6.04 Å². The standard InChI is InChI=1S/C11H16N2O/c1-3-4-5-9-6-7-10-8(2)13-14-11(10)12-9/h6-7,9,12H,3-5H2,1-2H3. The Labute approximate surface area is 84.2 Å². The van der Waals surface area contributed by atoms with Crippen LogP contribution in [0.1, 0.15) is 37.4 Å². The largest absolute Gasteiger partial charge is 0.347 e. The van der Waals surface area contributed by atoms with Gasteiger partial charge < -0.3 is 9.84 Å². The van der Waals surface area contributed by atoms with E-state index >= 15 is 0 Å². The molecule has 1 N–H and O–H groups in total. The zero-order valence-electron chi connectivity index (χ0n) is 8.71. The first kappa shape index (κ1) is 9.31. The Hall–Kier alpha value is -1.25. The Morgan fingerprint density at radius 2 is 2.43 bits per heavy atom. The number of nitrogens with zero attached hydrogens (tertiary/aromatic N) is 1. The van der Waals surface area contributed by atoms with E-state index in [-0.39, 0.29) is 0 Å². The van der Waals surface area contributed by atoms with Crippen LogP contribution in [0.4, 0.5) is 5.88 Å². The zero-order chi connectivity index (χ0) is 9.97. The Balaban J connectivity index is 2.06. The van der Waals surface area contributed by atoms with E-state index in [9.17, 15) is 0 Å². The maximum Gasteiger partial charge on any atom is 0.232 e. The van der Waals surface area contributed by atoms with E-state index in [1.165, 1.54) is 12.8 Å². The van der Waals surface area contributed by atoms with Crippen LogP contribution >= 0.6 is 0 Å². The Bertz CT molecular complexity index is 341. The number of unbranched alkanes of at least 4 members (excludes halogenated alkanes) is 1. The summed E-state index contributed by atoms with van der Waals surface area (Å²) in [6, 6.07) is 0.412. The minimum absolute atomic E-state index is 0.412. The molecule has 0 amide bonds. The molecule has 2 rings (SSSR count). The lowest BCUT2D eigenvalue weighted by atomic mass is 10.0. The summed E-state index contributed by atoms with van der Waals surface area (Å²) in [5.41, 5.74) is 2.05. The van der Waals surface area contributed by atoms with Crippen molar-refractivity contribution in [1.29, 1.82) is 0 Å². The molecule has 0 radical (unpaired) electrons. The van der Waals surface area contributed by atoms with Crippen molar-refractivity contribution in [2.75, 3.05) is 5.32 Å². The van der Waals surface area contributed by atoms with E-state index in [4.69, 9.17) is 4.52 Å². The quantitative estimate of drug-likeness (QED) is 0.800. The summed E-state index contributed by atoms with van der Waals surface area (Å²) in [6.07, 6.45) is 7.94. The second-order valence-electron chi connectivity index (χ2n) is 3.76. The number of aryl methyl sites for hydroxylation is 1. The van der Waals surface area contributed by atoms with Gasteiger partial charge >= 0.3 is 0 Å². The molecule has 1 unspecified atom stereocenters. The van der Waals surface area contributed by atoms with Crippen LogP contribution in [0.3, 0.4) is 0 Å². The van der Waals surface area contributed by atoms with Crippen molar-refractivity contribution in [3.63, 3.8) is 0 Å². The van der Waals surface area contributed by atoms with Crippen molar-refractivity contribution in [2.45, 2.75) is 39.2 Å². The normalized spacial score (nSPS) is 19.1. The summed E-state index contributed by atoms with van der Waals surface area (Å²) in [5, 5.41) is 7.26. The highest BCUT2D eigenvalue weighted by molar-refractivity contribution is 5.67. The van der Waals surface area contributed by atoms with E-state index in [1.807, 2.05) is 6.92 Å². The summed E-state index contributed by atoms with van der Waals surface area (Å²) in [6.45, 7) is 4.16. The number of hydrogen-bond donors (Lipinski definition) is 1. The van der Waals surface area contributed by atoms with Gasteiger partial charge in [0.25, 0.3) is 0 Å². The van der Waals surface area contributed by atoms with Gasteiger partial charge in [-0.05, 0) is 19.4 Å². The maximum absolute atomic E-state index is 5.18. The molecular formula is C11H16N2O. The van der Waals surface area contributed by atoms with Gasteiger partial charge in [-0.25, -0.2) is 0 Å². The number of nitrogens with one attached hydrogen (secondary N) is 1. The topological polar surface area (TPSA) is 38.1 Å². The molecule has 2 heterocycles. The molecule has 1 aliphatic rings. The lowest BCUT2D eigenvalue weighted by Gasteiger charge is -2.17. The summed E-state index contributed by atoms with van der Waals surface area (Å²) in [7, 11) is 0. The van der Waals surface area contributed by atoms with E-state index in [1.54, 1.807) is 0 Å². The zero-order valence-corrected chi connectivity index (χ0v) is 8.71. The van der Waals surface area contributed by atoms with Crippen LogP contribution in [0.15, 0.2) is 10.6 Å². The molecule has 3 nitrogen and oxygen atoms in total. The Kier molecular flexibility index (Phi) is 2.57. The van der Waals surface area contributed by atoms with Gasteiger partial charge in [0.1, 0.15) is 0 Å². The summed E-state index contributed by atoms with van der Waals surface area (Å²) >= 11 is 0. The first-order valence-corrected chi connectivity index (χ1v) is 5.22. The van der Waals surface area contributed by atoms with Gasteiger partial charge in [0.2, 0.25) is 5.88 Å². The van der Waals surface area contributed by atoms with Crippen LogP contribution in [-0.4, -0.2) is 11.2 Å². The minimum atomic E-state index is 0.412. The third-order valence-electron chi connectivity index (χ3n) is 2.59. The van der Waals surface area contributed by atoms with Gasteiger partial charge in [-0.1, -0.05) is 31.0 Å². The average molecular weight is 192 g/mol. The fraction of sp³-hybridized carbons (Fsp3) is 0.545. The third-order valence-corrected chi connectivity index (χ3v) is 2.59. The number of fused-ring (bicyclic) bond motifs is 1. The third kappa shape index (κ3) is 1.67. The summed E-state index contributed by atoms with van der Waals surface area (Å²) < 4.78 is 5.18. The predicted molar refractivity (Wildman–Crippen MR) is 57.2 cm³/mol. The van der Waals surface area contributed by atoms with Crippen molar-refractivity contribution in [3.05, 3.63) is 17.3 Å². The second-order valence-corrected chi connectivity index (χ2v) is 3.76. The highest BCUT2D eigenvalue weighted by atomic mass is 16.5. The monoisotopic (exact) mass is 192 g/mol. The molecule has 0 saturated heterocycles. The minimum Gasteiger partial charge on any atom is -0.347 e. The van der Waals surface area contributed by atoms with Crippen LogP contribution in [0, 0.1) is 6.92 Å². The fourth-order valence-corrected chi connectivity index (χ4v) is 1.70. The molecule has 1 aromatic rings. The first-order chi connectivity index (χ1) is 6.81. The van der Waals surface area contributed by atoms with Gasteiger partial charge in [0.15, 0.2) is 0 Å². The lowest BCUT2D eigenvalue weighted by molar-refractivity contribution is 0.423. The maximum atomic E-state index is 5.18. The first-order valence-electron chi connectivity index (χ1n) is 5.22. The molecule has 0 fully saturated rings. The Morgan fingerprint density at radius 3 is 3.21 bits per heavy atom. The molecule has 1 atom stereocenters. The summed E-state index contributed by atoms with van der Waals surface area (Å²) in [5.74, 6) is 0.825. The van der Waals surface area contributed by atoms with Crippen LogP contribution in [0.5, 0.6) is 0 Å². The highest BCUT2D eigenvalue weighted by Crippen LogP contribution is 2.26. The smallest absolute Gasteiger partial charge is 0.232 e. The molecular weight excluding hydrogens is 176 g/mol. The molecule has 0 aromatic carbocycles. The second kappa shape index (κ2) is 3.86. The molecule has 76 valence electrons. The predicted octanol–water partition coefficient (Wildman–Crippen LogP) is 2.98. The van der Waals surface area contributed by atoms with Crippen molar-refractivity contribution in [1.82, 2.24) is 5.16 Å². The van der Waals surface area contributed by atoms with E-state index < -0.39 is 0 Å².